The molecule has 5 rings (SSSR count). The fraction of sp³-hybridized carbons (Fsp3) is 0.364. The molecule has 0 fully saturated rings. The van der Waals surface area contributed by atoms with Crippen molar-refractivity contribution in [2.75, 3.05) is 11.9 Å². The maximum absolute atomic E-state index is 12.9. The van der Waals surface area contributed by atoms with E-state index in [9.17, 15) is 4.79 Å². The number of pyridine rings is 1. The lowest BCUT2D eigenvalue weighted by molar-refractivity contribution is 0.102. The van der Waals surface area contributed by atoms with E-state index in [0.29, 0.717) is 5.82 Å². The van der Waals surface area contributed by atoms with Gasteiger partial charge in [0.25, 0.3) is 5.91 Å². The number of thiophene rings is 1. The SMILES string of the molecule is CC(C)(C)c1cc(NC(=O)c2csc3c2CCN(Cc2cnc4[nH]ncc4c2)C3)no1. The third kappa shape index (κ3) is 3.98. The summed E-state index contributed by atoms with van der Waals surface area (Å²) in [6.07, 6.45) is 4.53. The number of amides is 1. The number of fused-ring (bicyclic) bond motifs is 2. The Kier molecular flexibility index (Phi) is 4.86. The molecule has 5 heterocycles. The van der Waals surface area contributed by atoms with E-state index in [0.717, 1.165) is 59.5 Å². The van der Waals surface area contributed by atoms with Crippen LogP contribution in [-0.2, 0) is 24.9 Å². The van der Waals surface area contributed by atoms with E-state index in [2.05, 4.69) is 36.6 Å². The lowest BCUT2D eigenvalue weighted by Crippen LogP contribution is -2.30. The van der Waals surface area contributed by atoms with Gasteiger partial charge in [-0.05, 0) is 23.6 Å². The summed E-state index contributed by atoms with van der Waals surface area (Å²) >= 11 is 1.64. The lowest BCUT2D eigenvalue weighted by atomic mass is 9.93. The van der Waals surface area contributed by atoms with Crippen LogP contribution in [0.2, 0.25) is 0 Å². The first-order valence-corrected chi connectivity index (χ1v) is 11.1. The number of H-pyrrole nitrogens is 1. The number of aromatic nitrogens is 4. The van der Waals surface area contributed by atoms with Crippen molar-refractivity contribution in [2.45, 2.75) is 45.7 Å². The second-order valence-corrected chi connectivity index (χ2v) is 9.91. The molecule has 2 N–H and O–H groups in total. The highest BCUT2D eigenvalue weighted by atomic mass is 32.1. The molecule has 0 saturated carbocycles. The van der Waals surface area contributed by atoms with Gasteiger partial charge in [0.1, 0.15) is 5.76 Å². The van der Waals surface area contributed by atoms with E-state index in [1.807, 2.05) is 32.3 Å². The Hall–Kier alpha value is -3.04. The van der Waals surface area contributed by atoms with Gasteiger partial charge in [0.2, 0.25) is 0 Å². The van der Waals surface area contributed by atoms with Crippen molar-refractivity contribution < 1.29 is 9.32 Å². The molecule has 0 aromatic carbocycles. The molecule has 4 aromatic rings. The average Bonchev–Trinajstić information content (AvgIpc) is 3.46. The number of aromatic amines is 1. The van der Waals surface area contributed by atoms with Crippen LogP contribution >= 0.6 is 11.3 Å². The van der Waals surface area contributed by atoms with Crippen LogP contribution in [0.4, 0.5) is 5.82 Å². The van der Waals surface area contributed by atoms with Crippen molar-refractivity contribution >= 4 is 34.1 Å². The first-order valence-electron chi connectivity index (χ1n) is 10.2. The number of carbonyl (C=O) groups is 1. The van der Waals surface area contributed by atoms with Gasteiger partial charge in [0, 0.05) is 53.0 Å². The quantitative estimate of drug-likeness (QED) is 0.499. The van der Waals surface area contributed by atoms with Crippen LogP contribution in [0.3, 0.4) is 0 Å². The number of rotatable bonds is 4. The number of anilines is 1. The van der Waals surface area contributed by atoms with Crippen molar-refractivity contribution in [2.24, 2.45) is 0 Å². The van der Waals surface area contributed by atoms with Gasteiger partial charge < -0.3 is 9.84 Å². The minimum Gasteiger partial charge on any atom is -0.359 e. The van der Waals surface area contributed by atoms with Gasteiger partial charge in [-0.2, -0.15) is 5.10 Å². The molecule has 0 unspecified atom stereocenters. The zero-order valence-corrected chi connectivity index (χ0v) is 18.5. The number of nitrogens with zero attached hydrogens (tertiary/aromatic N) is 4. The molecule has 8 nitrogen and oxygen atoms in total. The zero-order valence-electron chi connectivity index (χ0n) is 17.7. The van der Waals surface area contributed by atoms with E-state index >= 15 is 0 Å². The molecule has 1 aliphatic rings. The standard InChI is InChI=1S/C22H24N6O2S/c1-22(2,3)18-7-19(27-30-18)25-21(29)16-12-31-17-11-28(5-4-15(16)17)10-13-6-14-9-24-26-20(14)23-8-13/h6-9,12H,4-5,10-11H2,1-3H3,(H,23,24,26)(H,25,27,29). The van der Waals surface area contributed by atoms with Gasteiger partial charge in [-0.3, -0.25) is 14.8 Å². The number of hydrogen-bond acceptors (Lipinski definition) is 7. The Labute approximate surface area is 183 Å². The third-order valence-corrected chi connectivity index (χ3v) is 6.53. The average molecular weight is 437 g/mol. The topological polar surface area (TPSA) is 99.9 Å². The van der Waals surface area contributed by atoms with E-state index < -0.39 is 0 Å². The maximum atomic E-state index is 12.9. The maximum Gasteiger partial charge on any atom is 0.258 e. The molecule has 9 heteroatoms. The molecular weight excluding hydrogens is 412 g/mol. The number of nitrogens with one attached hydrogen (secondary N) is 2. The van der Waals surface area contributed by atoms with Gasteiger partial charge in [-0.15, -0.1) is 11.3 Å². The third-order valence-electron chi connectivity index (χ3n) is 5.52. The van der Waals surface area contributed by atoms with Gasteiger partial charge in [0.15, 0.2) is 11.5 Å². The molecule has 160 valence electrons. The monoisotopic (exact) mass is 436 g/mol. The predicted molar refractivity (Wildman–Crippen MR) is 119 cm³/mol. The first-order chi connectivity index (χ1) is 14.9. The normalized spacial score (nSPS) is 14.7. The van der Waals surface area contributed by atoms with Crippen molar-refractivity contribution in [3.05, 3.63) is 57.2 Å². The second-order valence-electron chi connectivity index (χ2n) is 8.94. The summed E-state index contributed by atoms with van der Waals surface area (Å²) in [4.78, 5) is 20.9. The molecule has 0 saturated heterocycles. The lowest BCUT2D eigenvalue weighted by Gasteiger charge is -2.27. The van der Waals surface area contributed by atoms with Gasteiger partial charge in [-0.25, -0.2) is 4.98 Å². The Bertz CT molecular complexity index is 1250. The predicted octanol–water partition coefficient (Wildman–Crippen LogP) is 4.12. The van der Waals surface area contributed by atoms with Crippen molar-refractivity contribution in [3.8, 4) is 0 Å². The van der Waals surface area contributed by atoms with Crippen LogP contribution < -0.4 is 5.32 Å². The molecule has 1 aliphatic heterocycles. The van der Waals surface area contributed by atoms with Gasteiger partial charge >= 0.3 is 0 Å². The summed E-state index contributed by atoms with van der Waals surface area (Å²) in [5.41, 5.74) is 3.69. The summed E-state index contributed by atoms with van der Waals surface area (Å²) < 4.78 is 5.37. The van der Waals surface area contributed by atoms with Crippen LogP contribution in [0.5, 0.6) is 0 Å². The number of hydrogen-bond donors (Lipinski definition) is 2. The largest absolute Gasteiger partial charge is 0.359 e. The zero-order chi connectivity index (χ0) is 21.6. The van der Waals surface area contributed by atoms with Crippen molar-refractivity contribution in [1.82, 2.24) is 25.2 Å². The molecule has 0 spiro atoms. The van der Waals surface area contributed by atoms with Crippen LogP contribution in [0, 0.1) is 0 Å². The fourth-order valence-electron chi connectivity index (χ4n) is 3.80. The Balaban J connectivity index is 1.27. The van der Waals surface area contributed by atoms with E-state index in [1.165, 1.54) is 4.88 Å². The highest BCUT2D eigenvalue weighted by Crippen LogP contribution is 2.31. The molecule has 0 atom stereocenters. The smallest absolute Gasteiger partial charge is 0.258 e. The molecular formula is C22H24N6O2S. The van der Waals surface area contributed by atoms with Crippen LogP contribution in [0.15, 0.2) is 34.4 Å². The molecule has 0 radical (unpaired) electrons. The number of carbonyl (C=O) groups excluding carboxylic acids is 1. The summed E-state index contributed by atoms with van der Waals surface area (Å²) in [5, 5.41) is 16.8. The molecule has 4 aromatic heterocycles. The molecule has 1 amide bonds. The van der Waals surface area contributed by atoms with Crippen molar-refractivity contribution in [3.63, 3.8) is 0 Å². The van der Waals surface area contributed by atoms with Crippen LogP contribution in [0.1, 0.15) is 52.9 Å². The highest BCUT2D eigenvalue weighted by molar-refractivity contribution is 7.10. The minimum absolute atomic E-state index is 0.130. The van der Waals surface area contributed by atoms with Crippen LogP contribution in [-0.4, -0.2) is 37.7 Å². The Morgan fingerprint density at radius 1 is 1.32 bits per heavy atom. The minimum atomic E-state index is -0.154. The van der Waals surface area contributed by atoms with E-state index in [-0.39, 0.29) is 11.3 Å². The Morgan fingerprint density at radius 2 is 2.19 bits per heavy atom. The molecule has 31 heavy (non-hydrogen) atoms. The van der Waals surface area contributed by atoms with Crippen LogP contribution in [0.25, 0.3) is 11.0 Å². The van der Waals surface area contributed by atoms with E-state index in [1.54, 1.807) is 23.6 Å². The highest BCUT2D eigenvalue weighted by Gasteiger charge is 2.25. The summed E-state index contributed by atoms with van der Waals surface area (Å²) in [6, 6.07) is 3.92. The van der Waals surface area contributed by atoms with Gasteiger partial charge in [-0.1, -0.05) is 25.9 Å². The van der Waals surface area contributed by atoms with Crippen molar-refractivity contribution in [1.29, 1.82) is 0 Å². The summed E-state index contributed by atoms with van der Waals surface area (Å²) in [5.74, 6) is 1.07. The second kappa shape index (κ2) is 7.58. The van der Waals surface area contributed by atoms with E-state index in [4.69, 9.17) is 4.52 Å². The molecule has 0 aliphatic carbocycles. The summed E-state index contributed by atoms with van der Waals surface area (Å²) in [7, 11) is 0. The van der Waals surface area contributed by atoms with Gasteiger partial charge in [0.05, 0.1) is 11.8 Å². The fourth-order valence-corrected chi connectivity index (χ4v) is 4.93. The first kappa shape index (κ1) is 19.9. The Morgan fingerprint density at radius 3 is 3.00 bits per heavy atom. The molecule has 0 bridgehead atoms. The summed E-state index contributed by atoms with van der Waals surface area (Å²) in [6.45, 7) is 8.68.